The topological polar surface area (TPSA) is 88.9 Å². The van der Waals surface area contributed by atoms with Crippen molar-refractivity contribution < 1.29 is 22.4 Å². The predicted molar refractivity (Wildman–Crippen MR) is 98.1 cm³/mol. The summed E-state index contributed by atoms with van der Waals surface area (Å²) in [5.74, 6) is 0.794. The number of benzene rings is 1. The molecule has 9 heteroatoms. The number of carbonyl (C=O) groups excluding carboxylic acids is 1. The summed E-state index contributed by atoms with van der Waals surface area (Å²) in [5, 5.41) is 3.17. The van der Waals surface area contributed by atoms with E-state index < -0.39 is 16.1 Å². The molecule has 1 atom stereocenters. The van der Waals surface area contributed by atoms with Crippen molar-refractivity contribution in [1.29, 1.82) is 0 Å². The lowest BCUT2D eigenvalue weighted by molar-refractivity contribution is -0.127. The molecule has 2 heterocycles. The molecular weight excluding hydrogens is 380 g/mol. The van der Waals surface area contributed by atoms with Crippen LogP contribution in [0.15, 0.2) is 41.0 Å². The van der Waals surface area contributed by atoms with Gasteiger partial charge in [0.2, 0.25) is 10.0 Å². The predicted octanol–water partition coefficient (Wildman–Crippen LogP) is 2.21. The molecule has 1 unspecified atom stereocenters. The van der Waals surface area contributed by atoms with Crippen LogP contribution in [-0.2, 0) is 21.2 Å². The number of nitrogens with one attached hydrogen (secondary N) is 1. The van der Waals surface area contributed by atoms with Crippen LogP contribution in [0.2, 0.25) is 5.02 Å². The second-order valence-electron chi connectivity index (χ2n) is 5.99. The summed E-state index contributed by atoms with van der Waals surface area (Å²) in [4.78, 5) is 12.4. The van der Waals surface area contributed by atoms with Gasteiger partial charge >= 0.3 is 0 Å². The molecule has 140 valence electrons. The second kappa shape index (κ2) is 7.59. The average molecular weight is 399 g/mol. The lowest BCUT2D eigenvalue weighted by Gasteiger charge is -2.34. The number of amides is 1. The largest absolute Gasteiger partial charge is 0.476 e. The van der Waals surface area contributed by atoms with E-state index in [0.717, 1.165) is 16.3 Å². The van der Waals surface area contributed by atoms with Crippen LogP contribution in [-0.4, -0.2) is 39.8 Å². The summed E-state index contributed by atoms with van der Waals surface area (Å²) < 4.78 is 36.3. The molecule has 0 saturated carbocycles. The first-order valence-corrected chi connectivity index (χ1v) is 10.3. The minimum Gasteiger partial charge on any atom is -0.476 e. The number of ether oxygens (including phenoxy) is 1. The molecule has 0 spiro atoms. The molecule has 0 saturated heterocycles. The molecule has 7 nitrogen and oxygen atoms in total. The van der Waals surface area contributed by atoms with E-state index in [4.69, 9.17) is 20.8 Å². The molecule has 0 radical (unpaired) electrons. The zero-order valence-corrected chi connectivity index (χ0v) is 15.7. The quantitative estimate of drug-likeness (QED) is 0.753. The minimum atomic E-state index is -3.57. The van der Waals surface area contributed by atoms with Gasteiger partial charge in [0.15, 0.2) is 6.10 Å². The number of fused-ring (bicyclic) bond motifs is 1. The Morgan fingerprint density at radius 3 is 2.88 bits per heavy atom. The fourth-order valence-electron chi connectivity index (χ4n) is 2.72. The van der Waals surface area contributed by atoms with E-state index in [1.807, 2.05) is 12.1 Å². The van der Waals surface area contributed by atoms with Crippen molar-refractivity contribution in [2.45, 2.75) is 18.9 Å². The van der Waals surface area contributed by atoms with Gasteiger partial charge in [-0.3, -0.25) is 9.10 Å². The summed E-state index contributed by atoms with van der Waals surface area (Å²) in [6, 6.07) is 8.34. The normalized spacial score (nSPS) is 16.7. The van der Waals surface area contributed by atoms with E-state index in [-0.39, 0.29) is 12.5 Å². The molecule has 1 aliphatic rings. The molecule has 26 heavy (non-hydrogen) atoms. The maximum absolute atomic E-state index is 12.4. The molecule has 0 bridgehead atoms. The van der Waals surface area contributed by atoms with Crippen LogP contribution < -0.4 is 14.4 Å². The molecule has 1 amide bonds. The van der Waals surface area contributed by atoms with E-state index in [1.165, 1.54) is 6.07 Å². The minimum absolute atomic E-state index is 0.101. The van der Waals surface area contributed by atoms with Gasteiger partial charge in [-0.2, -0.15) is 0 Å². The first-order valence-electron chi connectivity index (χ1n) is 8.08. The van der Waals surface area contributed by atoms with Gasteiger partial charge in [-0.15, -0.1) is 0 Å². The van der Waals surface area contributed by atoms with Gasteiger partial charge in [-0.05, 0) is 36.8 Å². The number of aryl methyl sites for hydroxylation is 1. The Morgan fingerprint density at radius 2 is 2.19 bits per heavy atom. The van der Waals surface area contributed by atoms with Crippen LogP contribution in [0, 0.1) is 0 Å². The highest BCUT2D eigenvalue weighted by molar-refractivity contribution is 7.92. The maximum atomic E-state index is 12.4. The van der Waals surface area contributed by atoms with Crippen molar-refractivity contribution in [3.8, 4) is 5.75 Å². The van der Waals surface area contributed by atoms with Crippen LogP contribution >= 0.6 is 11.6 Å². The third-order valence-electron chi connectivity index (χ3n) is 3.96. The molecule has 2 aromatic rings. The van der Waals surface area contributed by atoms with Crippen molar-refractivity contribution in [3.63, 3.8) is 0 Å². The number of sulfonamides is 1. The van der Waals surface area contributed by atoms with E-state index in [9.17, 15) is 13.2 Å². The van der Waals surface area contributed by atoms with Crippen LogP contribution in [0.25, 0.3) is 0 Å². The van der Waals surface area contributed by atoms with E-state index in [1.54, 1.807) is 18.4 Å². The Bertz CT molecular complexity index is 883. The lowest BCUT2D eigenvalue weighted by Crippen LogP contribution is -2.50. The van der Waals surface area contributed by atoms with Gasteiger partial charge in [-0.1, -0.05) is 11.6 Å². The van der Waals surface area contributed by atoms with Crippen molar-refractivity contribution in [3.05, 3.63) is 47.4 Å². The van der Waals surface area contributed by atoms with Gasteiger partial charge in [0.25, 0.3) is 5.91 Å². The number of nitrogens with zero attached hydrogens (tertiary/aromatic N) is 1. The molecule has 1 aromatic heterocycles. The van der Waals surface area contributed by atoms with Crippen LogP contribution in [0.1, 0.15) is 12.2 Å². The molecule has 0 fully saturated rings. The fraction of sp³-hybridized carbons (Fsp3) is 0.353. The highest BCUT2D eigenvalue weighted by Crippen LogP contribution is 2.37. The SMILES string of the molecule is CS(=O)(=O)N1CC(C(=O)NCCCc2ccco2)Oc2ccc(Cl)cc21. The highest BCUT2D eigenvalue weighted by Gasteiger charge is 2.35. The number of hydrogen-bond donors (Lipinski definition) is 1. The third kappa shape index (κ3) is 4.31. The first kappa shape index (κ1) is 18.6. The average Bonchev–Trinajstić information content (AvgIpc) is 3.10. The van der Waals surface area contributed by atoms with Gasteiger partial charge in [0.05, 0.1) is 24.8 Å². The van der Waals surface area contributed by atoms with Gasteiger partial charge in [-0.25, -0.2) is 8.42 Å². The summed E-state index contributed by atoms with van der Waals surface area (Å²) in [6.07, 6.45) is 3.17. The Kier molecular flexibility index (Phi) is 5.43. The Labute approximate surface area is 156 Å². The van der Waals surface area contributed by atoms with E-state index in [0.29, 0.717) is 35.8 Å². The maximum Gasteiger partial charge on any atom is 0.263 e. The van der Waals surface area contributed by atoms with Crippen molar-refractivity contribution in [2.75, 3.05) is 23.7 Å². The number of furan rings is 1. The van der Waals surface area contributed by atoms with Gasteiger partial charge in [0, 0.05) is 18.0 Å². The smallest absolute Gasteiger partial charge is 0.263 e. The number of rotatable bonds is 6. The lowest BCUT2D eigenvalue weighted by atomic mass is 10.2. The van der Waals surface area contributed by atoms with Crippen LogP contribution in [0.5, 0.6) is 5.75 Å². The second-order valence-corrected chi connectivity index (χ2v) is 8.33. The number of carbonyl (C=O) groups is 1. The van der Waals surface area contributed by atoms with Crippen LogP contribution in [0.4, 0.5) is 5.69 Å². The molecular formula is C17H19ClN2O5S. The Balaban J connectivity index is 1.65. The number of halogens is 1. The molecule has 3 rings (SSSR count). The Morgan fingerprint density at radius 1 is 1.38 bits per heavy atom. The fourth-order valence-corrected chi connectivity index (χ4v) is 3.79. The third-order valence-corrected chi connectivity index (χ3v) is 5.34. The first-order chi connectivity index (χ1) is 12.3. The van der Waals surface area contributed by atoms with Gasteiger partial charge < -0.3 is 14.5 Å². The monoisotopic (exact) mass is 398 g/mol. The number of anilines is 1. The summed E-state index contributed by atoms with van der Waals surface area (Å²) in [7, 11) is -3.57. The Hall–Kier alpha value is -2.19. The number of hydrogen-bond acceptors (Lipinski definition) is 5. The zero-order chi connectivity index (χ0) is 18.7. The van der Waals surface area contributed by atoms with Crippen LogP contribution in [0.3, 0.4) is 0 Å². The van der Waals surface area contributed by atoms with Crippen molar-refractivity contribution in [1.82, 2.24) is 5.32 Å². The molecule has 1 aromatic carbocycles. The summed E-state index contributed by atoms with van der Waals surface area (Å²) in [6.45, 7) is 0.335. The molecule has 1 N–H and O–H groups in total. The molecule has 1 aliphatic heterocycles. The summed E-state index contributed by atoms with van der Waals surface area (Å²) in [5.41, 5.74) is 0.335. The van der Waals surface area contributed by atoms with Crippen molar-refractivity contribution in [2.24, 2.45) is 0 Å². The van der Waals surface area contributed by atoms with E-state index >= 15 is 0 Å². The zero-order valence-electron chi connectivity index (χ0n) is 14.1. The standard InChI is InChI=1S/C17H19ClN2O5S/c1-26(22,23)20-11-16(25-15-7-6-12(18)10-14(15)20)17(21)19-8-2-4-13-5-3-9-24-13/h3,5-7,9-10,16H,2,4,8,11H2,1H3,(H,19,21). The highest BCUT2D eigenvalue weighted by atomic mass is 35.5. The van der Waals surface area contributed by atoms with Gasteiger partial charge in [0.1, 0.15) is 11.5 Å². The summed E-state index contributed by atoms with van der Waals surface area (Å²) >= 11 is 5.95. The van der Waals surface area contributed by atoms with Crippen molar-refractivity contribution >= 4 is 33.2 Å². The van der Waals surface area contributed by atoms with E-state index in [2.05, 4.69) is 5.32 Å². The molecule has 0 aliphatic carbocycles.